The van der Waals surface area contributed by atoms with E-state index in [2.05, 4.69) is 106 Å². The molecule has 0 radical (unpaired) electrons. The number of carbonyl (C=O) groups is 3. The average molecular weight is 875 g/mol. The maximum atomic E-state index is 12.8. The zero-order valence-corrected chi connectivity index (χ0v) is 40.8. The molecule has 0 aromatic rings. The lowest BCUT2D eigenvalue weighted by Crippen LogP contribution is -2.30. The third kappa shape index (κ3) is 49.2. The second-order valence-corrected chi connectivity index (χ2v) is 16.7. The molecule has 0 aliphatic carbocycles. The Morgan fingerprint density at radius 2 is 0.667 bits per heavy atom. The summed E-state index contributed by atoms with van der Waals surface area (Å²) in [6.45, 7) is 6.38. The fraction of sp³-hybridized carbons (Fsp3) is 0.667. The molecule has 6 nitrogen and oxygen atoms in total. The first kappa shape index (κ1) is 59.3. The SMILES string of the molecule is CC/C=C\C/C=C\C/C=C\C/C=C\C/C=C\C/C=C\CCC(=O)OC[C@H](COC(=O)CCCCCCCCC/C=C\CCCCCC)OC(=O)CCCCCCC/C=C\CCCC. The van der Waals surface area contributed by atoms with E-state index < -0.39 is 6.10 Å². The van der Waals surface area contributed by atoms with Crippen molar-refractivity contribution in [1.29, 1.82) is 0 Å². The lowest BCUT2D eigenvalue weighted by molar-refractivity contribution is -0.166. The van der Waals surface area contributed by atoms with Crippen LogP contribution in [0.4, 0.5) is 0 Å². The Labute approximate surface area is 387 Å². The van der Waals surface area contributed by atoms with E-state index in [9.17, 15) is 14.4 Å². The number of hydrogen-bond acceptors (Lipinski definition) is 6. The third-order valence-electron chi connectivity index (χ3n) is 10.6. The van der Waals surface area contributed by atoms with Crippen molar-refractivity contribution in [1.82, 2.24) is 0 Å². The van der Waals surface area contributed by atoms with Crippen LogP contribution in [0.3, 0.4) is 0 Å². The van der Waals surface area contributed by atoms with Crippen molar-refractivity contribution in [2.24, 2.45) is 0 Å². The van der Waals surface area contributed by atoms with Gasteiger partial charge in [-0.3, -0.25) is 14.4 Å². The molecule has 6 heteroatoms. The minimum absolute atomic E-state index is 0.107. The van der Waals surface area contributed by atoms with Crippen molar-refractivity contribution in [3.63, 3.8) is 0 Å². The molecular weight excluding hydrogens is 781 g/mol. The van der Waals surface area contributed by atoms with Crippen LogP contribution < -0.4 is 0 Å². The smallest absolute Gasteiger partial charge is 0.306 e. The fourth-order valence-electron chi connectivity index (χ4n) is 6.68. The van der Waals surface area contributed by atoms with E-state index >= 15 is 0 Å². The standard InChI is InChI=1S/C57H94O6/c1-4-7-10-13-16-19-22-24-26-27-28-29-31-33-36-38-41-44-47-50-56(59)62-53-54(63-57(60)51-48-45-42-39-34-21-18-15-12-9-6-3)52-61-55(58)49-46-43-40-37-35-32-30-25-23-20-17-14-11-8-5-2/h7,10,15-16,18-20,23-24,26,28-29,33,36,41,44,54H,4-6,8-9,11-14,17,21-22,25,27,30-32,34-35,37-40,42-43,45-53H2,1-3H3/b10-7-,18-15-,19-16-,23-20-,26-24-,29-28-,36-33-,44-41-/t54-/m0/s1. The first-order valence-electron chi connectivity index (χ1n) is 25.7. The van der Waals surface area contributed by atoms with Gasteiger partial charge in [0.1, 0.15) is 13.2 Å². The minimum Gasteiger partial charge on any atom is -0.462 e. The summed E-state index contributed by atoms with van der Waals surface area (Å²) >= 11 is 0. The molecule has 0 heterocycles. The molecule has 358 valence electrons. The first-order valence-corrected chi connectivity index (χ1v) is 25.7. The molecule has 0 aliphatic heterocycles. The lowest BCUT2D eigenvalue weighted by atomic mass is 10.1. The highest BCUT2D eigenvalue weighted by molar-refractivity contribution is 5.71. The quantitative estimate of drug-likeness (QED) is 0.0262. The van der Waals surface area contributed by atoms with Crippen LogP contribution in [0.1, 0.15) is 226 Å². The maximum absolute atomic E-state index is 12.8. The highest BCUT2D eigenvalue weighted by atomic mass is 16.6. The molecule has 0 N–H and O–H groups in total. The molecule has 1 atom stereocenters. The molecule has 0 bridgehead atoms. The van der Waals surface area contributed by atoms with Crippen LogP contribution in [0, 0.1) is 0 Å². The Balaban J connectivity index is 4.49. The van der Waals surface area contributed by atoms with Gasteiger partial charge in [0.25, 0.3) is 0 Å². The van der Waals surface area contributed by atoms with Crippen molar-refractivity contribution in [3.8, 4) is 0 Å². The molecule has 0 unspecified atom stereocenters. The van der Waals surface area contributed by atoms with E-state index in [1.807, 2.05) is 12.2 Å². The monoisotopic (exact) mass is 875 g/mol. The molecule has 0 fully saturated rings. The van der Waals surface area contributed by atoms with Gasteiger partial charge in [0.2, 0.25) is 0 Å². The van der Waals surface area contributed by atoms with E-state index in [4.69, 9.17) is 14.2 Å². The summed E-state index contributed by atoms with van der Waals surface area (Å²) < 4.78 is 16.7. The van der Waals surface area contributed by atoms with Crippen molar-refractivity contribution in [2.75, 3.05) is 13.2 Å². The highest BCUT2D eigenvalue weighted by Gasteiger charge is 2.19. The van der Waals surface area contributed by atoms with Crippen LogP contribution in [-0.2, 0) is 28.6 Å². The van der Waals surface area contributed by atoms with Gasteiger partial charge in [0.15, 0.2) is 6.10 Å². The minimum atomic E-state index is -0.813. The number of esters is 3. The average Bonchev–Trinajstić information content (AvgIpc) is 3.28. The highest BCUT2D eigenvalue weighted by Crippen LogP contribution is 2.13. The van der Waals surface area contributed by atoms with E-state index in [0.717, 1.165) is 89.9 Å². The number of ether oxygens (including phenoxy) is 3. The van der Waals surface area contributed by atoms with Crippen molar-refractivity contribution < 1.29 is 28.6 Å². The lowest BCUT2D eigenvalue weighted by Gasteiger charge is -2.18. The van der Waals surface area contributed by atoms with E-state index in [0.29, 0.717) is 19.3 Å². The summed E-state index contributed by atoms with van der Waals surface area (Å²) in [6.07, 6.45) is 66.9. The number of hydrogen-bond donors (Lipinski definition) is 0. The Hall–Kier alpha value is -3.67. The van der Waals surface area contributed by atoms with Crippen LogP contribution in [0.25, 0.3) is 0 Å². The van der Waals surface area contributed by atoms with Gasteiger partial charge in [-0.1, -0.05) is 201 Å². The second-order valence-electron chi connectivity index (χ2n) is 16.7. The molecule has 0 saturated carbocycles. The number of allylic oxidation sites excluding steroid dienone is 16. The van der Waals surface area contributed by atoms with Crippen LogP contribution in [0.5, 0.6) is 0 Å². The third-order valence-corrected chi connectivity index (χ3v) is 10.6. The van der Waals surface area contributed by atoms with Gasteiger partial charge < -0.3 is 14.2 Å². The van der Waals surface area contributed by atoms with Crippen molar-refractivity contribution >= 4 is 17.9 Å². The van der Waals surface area contributed by atoms with Crippen LogP contribution in [-0.4, -0.2) is 37.2 Å². The summed E-state index contributed by atoms with van der Waals surface area (Å²) in [5.74, 6) is -1.01. The van der Waals surface area contributed by atoms with Crippen LogP contribution >= 0.6 is 0 Å². The van der Waals surface area contributed by atoms with E-state index in [-0.39, 0.29) is 37.5 Å². The predicted octanol–water partition coefficient (Wildman–Crippen LogP) is 17.0. The summed E-state index contributed by atoms with van der Waals surface area (Å²) in [4.78, 5) is 37.9. The Morgan fingerprint density at radius 1 is 0.333 bits per heavy atom. The fourth-order valence-corrected chi connectivity index (χ4v) is 6.68. The van der Waals surface area contributed by atoms with Gasteiger partial charge in [0.05, 0.1) is 0 Å². The molecule has 0 saturated heterocycles. The molecular formula is C57H94O6. The molecule has 0 amide bonds. The van der Waals surface area contributed by atoms with Crippen LogP contribution in [0.15, 0.2) is 97.2 Å². The number of unbranched alkanes of at least 4 members (excludes halogenated alkanes) is 18. The molecule has 0 aromatic carbocycles. The summed E-state index contributed by atoms with van der Waals surface area (Å²) in [7, 11) is 0. The van der Waals surface area contributed by atoms with Crippen LogP contribution in [0.2, 0.25) is 0 Å². The maximum Gasteiger partial charge on any atom is 0.306 e. The number of carbonyl (C=O) groups excluding carboxylic acids is 3. The van der Waals surface area contributed by atoms with Gasteiger partial charge >= 0.3 is 17.9 Å². The van der Waals surface area contributed by atoms with Gasteiger partial charge in [-0.25, -0.2) is 0 Å². The van der Waals surface area contributed by atoms with Gasteiger partial charge in [-0.2, -0.15) is 0 Å². The van der Waals surface area contributed by atoms with Gasteiger partial charge in [-0.05, 0) is 103 Å². The molecule has 0 aromatic heterocycles. The zero-order chi connectivity index (χ0) is 45.8. The largest absolute Gasteiger partial charge is 0.462 e. The summed E-state index contributed by atoms with van der Waals surface area (Å²) in [5, 5.41) is 0. The predicted molar refractivity (Wildman–Crippen MR) is 270 cm³/mol. The van der Waals surface area contributed by atoms with Crippen molar-refractivity contribution in [2.45, 2.75) is 232 Å². The topological polar surface area (TPSA) is 78.9 Å². The molecule has 0 rings (SSSR count). The number of rotatable bonds is 45. The Bertz CT molecular complexity index is 1280. The Kier molecular flexibility index (Phi) is 48.0. The first-order chi connectivity index (χ1) is 31.0. The zero-order valence-electron chi connectivity index (χ0n) is 40.8. The van der Waals surface area contributed by atoms with Gasteiger partial charge in [0, 0.05) is 19.3 Å². The molecule has 0 aliphatic rings. The Morgan fingerprint density at radius 3 is 1.11 bits per heavy atom. The van der Waals surface area contributed by atoms with Crippen molar-refractivity contribution in [3.05, 3.63) is 97.2 Å². The molecule has 63 heavy (non-hydrogen) atoms. The van der Waals surface area contributed by atoms with E-state index in [1.165, 1.54) is 89.9 Å². The van der Waals surface area contributed by atoms with Gasteiger partial charge in [-0.15, -0.1) is 0 Å². The second kappa shape index (κ2) is 51.0. The summed E-state index contributed by atoms with van der Waals surface area (Å²) in [6, 6.07) is 0. The van der Waals surface area contributed by atoms with E-state index in [1.54, 1.807) is 0 Å². The summed E-state index contributed by atoms with van der Waals surface area (Å²) in [5.41, 5.74) is 0. The molecule has 0 spiro atoms. The normalized spacial score (nSPS) is 12.9.